The molecule has 0 aliphatic heterocycles. The maximum atomic E-state index is 12.1. The van der Waals surface area contributed by atoms with Gasteiger partial charge in [-0.3, -0.25) is 9.20 Å². The molecule has 7 heteroatoms. The van der Waals surface area contributed by atoms with E-state index >= 15 is 0 Å². The monoisotopic (exact) mass is 314 g/mol. The van der Waals surface area contributed by atoms with E-state index in [9.17, 15) is 4.79 Å². The van der Waals surface area contributed by atoms with Crippen molar-refractivity contribution >= 4 is 45.7 Å². The van der Waals surface area contributed by atoms with Crippen LogP contribution in [0.15, 0.2) is 46.9 Å². The van der Waals surface area contributed by atoms with Crippen molar-refractivity contribution in [1.29, 1.82) is 0 Å². The molecule has 0 saturated heterocycles. The lowest BCUT2D eigenvalue weighted by Gasteiger charge is -1.98. The number of H-pyrrole nitrogens is 1. The Morgan fingerprint density at radius 3 is 3.05 bits per heavy atom. The number of aromatic amines is 1. The summed E-state index contributed by atoms with van der Waals surface area (Å²) < 4.78 is 1.95. The van der Waals surface area contributed by atoms with E-state index in [1.54, 1.807) is 0 Å². The number of nitrogens with zero attached hydrogens (tertiary/aromatic N) is 3. The van der Waals surface area contributed by atoms with Gasteiger partial charge in [0.2, 0.25) is 5.78 Å². The summed E-state index contributed by atoms with van der Waals surface area (Å²) >= 11 is 2.89. The molecular formula is C14H10N4OS2. The molecule has 0 spiro atoms. The van der Waals surface area contributed by atoms with Crippen LogP contribution in [0.2, 0.25) is 0 Å². The van der Waals surface area contributed by atoms with Gasteiger partial charge in [-0.25, -0.2) is 10.1 Å². The SMILES string of the molecule is O=C(CSc1n[nH]c2nc3ccccc3n12)c1cccs1. The molecule has 1 N–H and O–H groups in total. The zero-order valence-corrected chi connectivity index (χ0v) is 12.4. The van der Waals surface area contributed by atoms with Crippen LogP contribution in [-0.2, 0) is 0 Å². The molecule has 4 rings (SSSR count). The molecule has 0 saturated carbocycles. The van der Waals surface area contributed by atoms with Crippen molar-refractivity contribution in [1.82, 2.24) is 19.6 Å². The van der Waals surface area contributed by atoms with Crippen LogP contribution in [0.4, 0.5) is 0 Å². The molecule has 21 heavy (non-hydrogen) atoms. The van der Waals surface area contributed by atoms with Gasteiger partial charge in [0.25, 0.3) is 0 Å². The molecule has 5 nitrogen and oxygen atoms in total. The van der Waals surface area contributed by atoms with Crippen molar-refractivity contribution in [2.75, 3.05) is 5.75 Å². The molecule has 3 aromatic heterocycles. The smallest absolute Gasteiger partial charge is 0.231 e. The highest BCUT2D eigenvalue weighted by Crippen LogP contribution is 2.24. The summed E-state index contributed by atoms with van der Waals surface area (Å²) in [6.07, 6.45) is 0. The molecular weight excluding hydrogens is 304 g/mol. The number of thioether (sulfide) groups is 1. The first-order valence-corrected chi connectivity index (χ1v) is 8.20. The third kappa shape index (κ3) is 2.14. The fraction of sp³-hybridized carbons (Fsp3) is 0.0714. The first kappa shape index (κ1) is 12.6. The van der Waals surface area contributed by atoms with Crippen LogP contribution < -0.4 is 0 Å². The summed E-state index contributed by atoms with van der Waals surface area (Å²) in [5, 5.41) is 9.82. The third-order valence-electron chi connectivity index (χ3n) is 3.13. The average Bonchev–Trinajstić information content (AvgIpc) is 3.21. The molecule has 0 aliphatic carbocycles. The number of imidazole rings is 1. The Hall–Kier alpha value is -2.12. The third-order valence-corrected chi connectivity index (χ3v) is 4.98. The van der Waals surface area contributed by atoms with Crippen LogP contribution in [0.5, 0.6) is 0 Å². The Morgan fingerprint density at radius 2 is 2.19 bits per heavy atom. The van der Waals surface area contributed by atoms with Gasteiger partial charge in [-0.15, -0.1) is 16.4 Å². The van der Waals surface area contributed by atoms with Gasteiger partial charge in [0.15, 0.2) is 10.9 Å². The quantitative estimate of drug-likeness (QED) is 0.464. The highest BCUT2D eigenvalue weighted by atomic mass is 32.2. The predicted molar refractivity (Wildman–Crippen MR) is 84.2 cm³/mol. The minimum absolute atomic E-state index is 0.121. The fourth-order valence-corrected chi connectivity index (χ4v) is 3.77. The highest BCUT2D eigenvalue weighted by Gasteiger charge is 2.14. The van der Waals surface area contributed by atoms with Crippen LogP contribution in [0.25, 0.3) is 16.8 Å². The standard InChI is InChI=1S/C14H10N4OS2/c19-11(12-6-3-7-20-12)8-21-14-17-16-13-15-9-4-1-2-5-10(9)18(13)14/h1-7H,8H2,(H,15,16). The Balaban J connectivity index is 1.66. The van der Waals surface area contributed by atoms with Crippen LogP contribution in [0.3, 0.4) is 0 Å². The number of fused-ring (bicyclic) bond motifs is 3. The summed E-state index contributed by atoms with van der Waals surface area (Å²) in [6.45, 7) is 0. The van der Waals surface area contributed by atoms with Crippen molar-refractivity contribution in [2.45, 2.75) is 5.16 Å². The summed E-state index contributed by atoms with van der Waals surface area (Å²) in [5.74, 6) is 1.19. The van der Waals surface area contributed by atoms with E-state index in [1.807, 2.05) is 46.2 Å². The maximum Gasteiger partial charge on any atom is 0.231 e. The van der Waals surface area contributed by atoms with Crippen molar-refractivity contribution in [3.63, 3.8) is 0 Å². The molecule has 0 unspecified atom stereocenters. The maximum absolute atomic E-state index is 12.1. The number of carbonyl (C=O) groups excluding carboxylic acids is 1. The minimum atomic E-state index is 0.121. The van der Waals surface area contributed by atoms with Gasteiger partial charge in [0, 0.05) is 0 Å². The zero-order valence-electron chi connectivity index (χ0n) is 10.8. The molecule has 0 amide bonds. The topological polar surface area (TPSA) is 63.0 Å². The number of nitrogens with one attached hydrogen (secondary N) is 1. The highest BCUT2D eigenvalue weighted by molar-refractivity contribution is 7.99. The van der Waals surface area contributed by atoms with E-state index in [-0.39, 0.29) is 5.78 Å². The number of hydrogen-bond acceptors (Lipinski definition) is 5. The number of rotatable bonds is 4. The first-order chi connectivity index (χ1) is 10.3. The Labute approximate surface area is 128 Å². The zero-order chi connectivity index (χ0) is 14.2. The number of hydrogen-bond donors (Lipinski definition) is 1. The van der Waals surface area contributed by atoms with Crippen LogP contribution in [-0.4, -0.2) is 31.1 Å². The molecule has 0 bridgehead atoms. The van der Waals surface area contributed by atoms with Gasteiger partial charge < -0.3 is 0 Å². The summed E-state index contributed by atoms with van der Waals surface area (Å²) in [4.78, 5) is 17.3. The lowest BCUT2D eigenvalue weighted by Crippen LogP contribution is -2.00. The Kier molecular flexibility index (Phi) is 3.01. The summed E-state index contributed by atoms with van der Waals surface area (Å²) in [5.41, 5.74) is 1.91. The lowest BCUT2D eigenvalue weighted by atomic mass is 10.3. The van der Waals surface area contributed by atoms with Crippen LogP contribution >= 0.6 is 23.1 Å². The molecule has 1 aromatic carbocycles. The largest absolute Gasteiger partial charge is 0.292 e. The molecule has 0 atom stereocenters. The lowest BCUT2D eigenvalue weighted by molar-refractivity contribution is 0.102. The van der Waals surface area contributed by atoms with Gasteiger partial charge in [-0.05, 0) is 23.6 Å². The second kappa shape index (κ2) is 5.01. The average molecular weight is 314 g/mol. The number of para-hydroxylation sites is 2. The van der Waals surface area contributed by atoms with E-state index in [4.69, 9.17) is 0 Å². The Bertz CT molecular complexity index is 923. The predicted octanol–water partition coefficient (Wildman–Crippen LogP) is 3.25. The van der Waals surface area contributed by atoms with Gasteiger partial charge >= 0.3 is 0 Å². The molecule has 4 aromatic rings. The summed E-state index contributed by atoms with van der Waals surface area (Å²) in [6, 6.07) is 11.6. The number of ketones is 1. The number of carbonyl (C=O) groups is 1. The van der Waals surface area contributed by atoms with Gasteiger partial charge in [-0.1, -0.05) is 30.0 Å². The normalized spacial score (nSPS) is 11.4. The second-order valence-electron chi connectivity index (χ2n) is 4.45. The van der Waals surface area contributed by atoms with Crippen molar-refractivity contribution in [2.24, 2.45) is 0 Å². The Morgan fingerprint density at radius 1 is 1.29 bits per heavy atom. The van der Waals surface area contributed by atoms with Gasteiger partial charge in [0.1, 0.15) is 0 Å². The van der Waals surface area contributed by atoms with Crippen molar-refractivity contribution in [3.8, 4) is 0 Å². The molecule has 0 aliphatic rings. The second-order valence-corrected chi connectivity index (χ2v) is 6.35. The van der Waals surface area contributed by atoms with Crippen molar-refractivity contribution < 1.29 is 4.79 Å². The minimum Gasteiger partial charge on any atom is -0.292 e. The van der Waals surface area contributed by atoms with E-state index in [0.717, 1.165) is 21.1 Å². The van der Waals surface area contributed by atoms with E-state index in [2.05, 4.69) is 15.2 Å². The van der Waals surface area contributed by atoms with Crippen LogP contribution in [0, 0.1) is 0 Å². The van der Waals surface area contributed by atoms with E-state index in [0.29, 0.717) is 11.5 Å². The first-order valence-electron chi connectivity index (χ1n) is 6.34. The van der Waals surface area contributed by atoms with Crippen LogP contribution in [0.1, 0.15) is 9.67 Å². The number of aromatic nitrogens is 4. The number of thiophene rings is 1. The molecule has 0 radical (unpaired) electrons. The number of Topliss-reactive ketones (excluding diaryl/α,β-unsaturated/α-hetero) is 1. The fourth-order valence-electron chi connectivity index (χ4n) is 2.18. The molecule has 104 valence electrons. The van der Waals surface area contributed by atoms with Gasteiger partial charge in [-0.2, -0.15) is 0 Å². The molecule has 3 heterocycles. The van der Waals surface area contributed by atoms with Gasteiger partial charge in [0.05, 0.1) is 21.7 Å². The van der Waals surface area contributed by atoms with Crippen molar-refractivity contribution in [3.05, 3.63) is 46.7 Å². The number of benzene rings is 1. The molecule has 0 fully saturated rings. The van der Waals surface area contributed by atoms with E-state index in [1.165, 1.54) is 23.1 Å². The van der Waals surface area contributed by atoms with E-state index < -0.39 is 0 Å². The summed E-state index contributed by atoms with van der Waals surface area (Å²) in [7, 11) is 0.